The van der Waals surface area contributed by atoms with Crippen LogP contribution in [0, 0.1) is 5.92 Å². The van der Waals surface area contributed by atoms with E-state index in [0.29, 0.717) is 5.92 Å². The van der Waals surface area contributed by atoms with Crippen molar-refractivity contribution in [1.82, 2.24) is 10.2 Å². The van der Waals surface area contributed by atoms with Gasteiger partial charge < -0.3 is 10.2 Å². The third-order valence-electron chi connectivity index (χ3n) is 1.53. The van der Waals surface area contributed by atoms with Crippen molar-refractivity contribution in [2.24, 2.45) is 5.92 Å². The predicted molar refractivity (Wildman–Crippen MR) is 35.2 cm³/mol. The first-order chi connectivity index (χ1) is 4.20. The quantitative estimate of drug-likeness (QED) is 0.499. The highest BCUT2D eigenvalue weighted by atomic mass is 16.2. The Morgan fingerprint density at radius 1 is 1.78 bits per heavy atom. The third kappa shape index (κ3) is 1.34. The van der Waals surface area contributed by atoms with Crippen LogP contribution in [0.5, 0.6) is 0 Å². The van der Waals surface area contributed by atoms with E-state index in [2.05, 4.69) is 12.2 Å². The van der Waals surface area contributed by atoms with Gasteiger partial charge >= 0.3 is 6.03 Å². The fraction of sp³-hybridized carbons (Fsp3) is 0.833. The van der Waals surface area contributed by atoms with Crippen LogP contribution in [0.2, 0.25) is 0 Å². The molecule has 52 valence electrons. The molecule has 1 heterocycles. The minimum atomic E-state index is 0.0492. The Kier molecular flexibility index (Phi) is 1.60. The minimum absolute atomic E-state index is 0.0492. The van der Waals surface area contributed by atoms with Gasteiger partial charge in [0, 0.05) is 20.1 Å². The molecule has 0 unspecified atom stereocenters. The van der Waals surface area contributed by atoms with Gasteiger partial charge in [-0.15, -0.1) is 0 Å². The summed E-state index contributed by atoms with van der Waals surface area (Å²) in [5, 5.41) is 2.77. The second kappa shape index (κ2) is 2.25. The van der Waals surface area contributed by atoms with E-state index >= 15 is 0 Å². The molecular weight excluding hydrogens is 116 g/mol. The van der Waals surface area contributed by atoms with Crippen LogP contribution < -0.4 is 5.32 Å². The van der Waals surface area contributed by atoms with E-state index in [9.17, 15) is 4.79 Å². The van der Waals surface area contributed by atoms with E-state index in [4.69, 9.17) is 0 Å². The zero-order chi connectivity index (χ0) is 6.85. The van der Waals surface area contributed by atoms with E-state index in [1.54, 1.807) is 4.90 Å². The first kappa shape index (κ1) is 6.39. The molecule has 0 radical (unpaired) electrons. The van der Waals surface area contributed by atoms with Crippen molar-refractivity contribution in [2.45, 2.75) is 6.92 Å². The molecule has 9 heavy (non-hydrogen) atoms. The lowest BCUT2D eigenvalue weighted by molar-refractivity contribution is 0.185. The summed E-state index contributed by atoms with van der Waals surface area (Å²) in [4.78, 5) is 12.5. The van der Waals surface area contributed by atoms with Gasteiger partial charge in [0.15, 0.2) is 0 Å². The van der Waals surface area contributed by atoms with Crippen LogP contribution in [0.25, 0.3) is 0 Å². The molecule has 1 aliphatic rings. The molecule has 0 aliphatic carbocycles. The van der Waals surface area contributed by atoms with E-state index in [1.807, 2.05) is 7.05 Å². The van der Waals surface area contributed by atoms with Crippen molar-refractivity contribution in [2.75, 3.05) is 20.1 Å². The van der Waals surface area contributed by atoms with Crippen LogP contribution >= 0.6 is 0 Å². The average molecular weight is 128 g/mol. The SMILES string of the molecule is C[C@@H]1CNC(=O)N(C)C1. The highest BCUT2D eigenvalue weighted by Gasteiger charge is 2.17. The lowest BCUT2D eigenvalue weighted by Crippen LogP contribution is -2.48. The summed E-state index contributed by atoms with van der Waals surface area (Å²) in [6.07, 6.45) is 0. The van der Waals surface area contributed by atoms with Crippen molar-refractivity contribution < 1.29 is 4.79 Å². The number of rotatable bonds is 0. The minimum Gasteiger partial charge on any atom is -0.338 e. The maximum atomic E-state index is 10.8. The summed E-state index contributed by atoms with van der Waals surface area (Å²) in [6, 6.07) is 0.0492. The second-order valence-corrected chi connectivity index (χ2v) is 2.67. The first-order valence-corrected chi connectivity index (χ1v) is 3.19. The van der Waals surface area contributed by atoms with Gasteiger partial charge in [0.1, 0.15) is 0 Å². The Bertz CT molecular complexity index is 124. The molecule has 0 aromatic rings. The predicted octanol–water partition coefficient (Wildman–Crippen LogP) is 0.278. The van der Waals surface area contributed by atoms with Gasteiger partial charge in [0.2, 0.25) is 0 Å². The number of hydrogen-bond donors (Lipinski definition) is 1. The highest BCUT2D eigenvalue weighted by Crippen LogP contribution is 2.01. The zero-order valence-electron chi connectivity index (χ0n) is 5.85. The lowest BCUT2D eigenvalue weighted by atomic mass is 10.1. The van der Waals surface area contributed by atoms with Crippen LogP contribution in [0.1, 0.15) is 6.92 Å². The van der Waals surface area contributed by atoms with E-state index in [-0.39, 0.29) is 6.03 Å². The molecule has 1 N–H and O–H groups in total. The maximum absolute atomic E-state index is 10.8. The molecule has 0 aromatic carbocycles. The molecule has 1 atom stereocenters. The van der Waals surface area contributed by atoms with Crippen molar-refractivity contribution >= 4 is 6.03 Å². The van der Waals surface area contributed by atoms with E-state index < -0.39 is 0 Å². The largest absolute Gasteiger partial charge is 0.338 e. The standard InChI is InChI=1S/C6H12N2O/c1-5-3-7-6(9)8(2)4-5/h5H,3-4H2,1-2H3,(H,7,9)/t5-/m1/s1. The molecule has 2 amide bonds. The normalized spacial score (nSPS) is 28.0. The molecule has 1 aliphatic heterocycles. The van der Waals surface area contributed by atoms with Gasteiger partial charge in [-0.1, -0.05) is 6.92 Å². The summed E-state index contributed by atoms with van der Waals surface area (Å²) >= 11 is 0. The Hall–Kier alpha value is -0.730. The summed E-state index contributed by atoms with van der Waals surface area (Å²) in [5.74, 6) is 0.590. The number of carbonyl (C=O) groups is 1. The average Bonchev–Trinajstić information content (AvgIpc) is 1.80. The van der Waals surface area contributed by atoms with Crippen LogP contribution in [-0.2, 0) is 0 Å². The van der Waals surface area contributed by atoms with Crippen LogP contribution in [0.4, 0.5) is 4.79 Å². The topological polar surface area (TPSA) is 32.3 Å². The third-order valence-corrected chi connectivity index (χ3v) is 1.53. The number of carbonyl (C=O) groups excluding carboxylic acids is 1. The van der Waals surface area contributed by atoms with Crippen LogP contribution in [0.15, 0.2) is 0 Å². The monoisotopic (exact) mass is 128 g/mol. The summed E-state index contributed by atoms with van der Waals surface area (Å²) < 4.78 is 0. The molecule has 0 aromatic heterocycles. The van der Waals surface area contributed by atoms with E-state index in [1.165, 1.54) is 0 Å². The molecule has 1 rings (SSSR count). The van der Waals surface area contributed by atoms with Gasteiger partial charge in [-0.25, -0.2) is 4.79 Å². The van der Waals surface area contributed by atoms with Gasteiger partial charge in [-0.2, -0.15) is 0 Å². The first-order valence-electron chi connectivity index (χ1n) is 3.19. The summed E-state index contributed by atoms with van der Waals surface area (Å²) in [5.41, 5.74) is 0. The molecule has 3 nitrogen and oxygen atoms in total. The zero-order valence-corrected chi connectivity index (χ0v) is 5.85. The number of hydrogen-bond acceptors (Lipinski definition) is 1. The fourth-order valence-corrected chi connectivity index (χ4v) is 1.01. The number of urea groups is 1. The molecule has 0 spiro atoms. The molecule has 3 heteroatoms. The van der Waals surface area contributed by atoms with Crippen LogP contribution in [0.3, 0.4) is 0 Å². The van der Waals surface area contributed by atoms with Crippen molar-refractivity contribution in [3.05, 3.63) is 0 Å². The Labute approximate surface area is 55.0 Å². The molecule has 1 saturated heterocycles. The highest BCUT2D eigenvalue weighted by molar-refractivity contribution is 5.74. The summed E-state index contributed by atoms with van der Waals surface area (Å²) in [7, 11) is 1.81. The molecule has 0 saturated carbocycles. The van der Waals surface area contributed by atoms with Crippen molar-refractivity contribution in [1.29, 1.82) is 0 Å². The number of nitrogens with zero attached hydrogens (tertiary/aromatic N) is 1. The van der Waals surface area contributed by atoms with Gasteiger partial charge in [0.25, 0.3) is 0 Å². The smallest absolute Gasteiger partial charge is 0.317 e. The second-order valence-electron chi connectivity index (χ2n) is 2.67. The molecular formula is C6H12N2O. The Morgan fingerprint density at radius 2 is 2.44 bits per heavy atom. The number of amides is 2. The number of nitrogens with one attached hydrogen (secondary N) is 1. The van der Waals surface area contributed by atoms with Crippen molar-refractivity contribution in [3.63, 3.8) is 0 Å². The molecule has 1 fully saturated rings. The fourth-order valence-electron chi connectivity index (χ4n) is 1.01. The van der Waals surface area contributed by atoms with Crippen LogP contribution in [-0.4, -0.2) is 31.1 Å². The molecule has 0 bridgehead atoms. The van der Waals surface area contributed by atoms with Gasteiger partial charge in [0.05, 0.1) is 0 Å². The summed E-state index contributed by atoms with van der Waals surface area (Å²) in [6.45, 7) is 3.82. The maximum Gasteiger partial charge on any atom is 0.317 e. The lowest BCUT2D eigenvalue weighted by Gasteiger charge is -2.27. The Balaban J connectivity index is 2.44. The van der Waals surface area contributed by atoms with E-state index in [0.717, 1.165) is 13.1 Å². The van der Waals surface area contributed by atoms with Gasteiger partial charge in [-0.3, -0.25) is 0 Å². The Morgan fingerprint density at radius 3 is 2.89 bits per heavy atom. The van der Waals surface area contributed by atoms with Crippen molar-refractivity contribution in [3.8, 4) is 0 Å². The van der Waals surface area contributed by atoms with Gasteiger partial charge in [-0.05, 0) is 5.92 Å².